The fourth-order valence-electron chi connectivity index (χ4n) is 0.866. The largest absolute Gasteiger partial charge is 0.147 e. The van der Waals surface area contributed by atoms with E-state index in [0.717, 1.165) is 14.2 Å². The van der Waals surface area contributed by atoms with Crippen LogP contribution in [0, 0.1) is 0 Å². The van der Waals surface area contributed by atoms with Crippen molar-refractivity contribution in [3.05, 3.63) is 0 Å². The second-order valence-corrected chi connectivity index (χ2v) is 6.49. The first-order valence-electron chi connectivity index (χ1n) is 3.19. The van der Waals surface area contributed by atoms with Crippen molar-refractivity contribution in [2.75, 3.05) is 0 Å². The van der Waals surface area contributed by atoms with E-state index in [2.05, 4.69) is 34.6 Å². The standard InChI is InChI=1S/C7H17P.ClH/c1-6(2)8-7(3,4)5;/h6,8H,1-5H3;1H. The summed E-state index contributed by atoms with van der Waals surface area (Å²) in [7, 11) is 1.10. The summed E-state index contributed by atoms with van der Waals surface area (Å²) >= 11 is 0. The van der Waals surface area contributed by atoms with Gasteiger partial charge in [0, 0.05) is 0 Å². The molecule has 0 amide bonds. The molecular weight excluding hydrogens is 151 g/mol. The second kappa shape index (κ2) is 4.52. The minimum absolute atomic E-state index is 0. The first kappa shape index (κ1) is 12.4. The van der Waals surface area contributed by atoms with E-state index >= 15 is 0 Å². The van der Waals surface area contributed by atoms with Gasteiger partial charge in [-0.05, 0) is 10.8 Å². The van der Waals surface area contributed by atoms with E-state index in [9.17, 15) is 0 Å². The van der Waals surface area contributed by atoms with Crippen LogP contribution in [-0.4, -0.2) is 10.8 Å². The molecule has 0 spiro atoms. The average Bonchev–Trinajstić information content (AvgIpc) is 1.21. The fourth-order valence-corrected chi connectivity index (χ4v) is 2.60. The van der Waals surface area contributed by atoms with Crippen molar-refractivity contribution in [1.29, 1.82) is 0 Å². The zero-order chi connectivity index (χ0) is 6.78. The average molecular weight is 169 g/mol. The van der Waals surface area contributed by atoms with Gasteiger partial charge < -0.3 is 0 Å². The normalized spacial score (nSPS) is 12.7. The summed E-state index contributed by atoms with van der Waals surface area (Å²) in [6.45, 7) is 11.5. The highest BCUT2D eigenvalue weighted by Crippen LogP contribution is 2.34. The van der Waals surface area contributed by atoms with Crippen LogP contribution < -0.4 is 0 Å². The third kappa shape index (κ3) is 12.0. The Morgan fingerprint density at radius 3 is 1.44 bits per heavy atom. The molecule has 0 aliphatic rings. The van der Waals surface area contributed by atoms with Crippen molar-refractivity contribution >= 4 is 21.0 Å². The van der Waals surface area contributed by atoms with E-state index in [1.165, 1.54) is 0 Å². The van der Waals surface area contributed by atoms with Gasteiger partial charge in [-0.15, -0.1) is 21.0 Å². The van der Waals surface area contributed by atoms with E-state index in [0.29, 0.717) is 5.16 Å². The molecule has 0 aliphatic heterocycles. The molecule has 2 heteroatoms. The van der Waals surface area contributed by atoms with Gasteiger partial charge in [-0.2, -0.15) is 0 Å². The summed E-state index contributed by atoms with van der Waals surface area (Å²) in [6, 6.07) is 0. The third-order valence-corrected chi connectivity index (χ3v) is 2.17. The molecule has 0 radical (unpaired) electrons. The van der Waals surface area contributed by atoms with Crippen molar-refractivity contribution in [2.45, 2.75) is 45.4 Å². The molecule has 0 aromatic rings. The summed E-state index contributed by atoms with van der Waals surface area (Å²) in [5.41, 5.74) is 0.870. The molecule has 0 nitrogen and oxygen atoms in total. The molecule has 0 saturated carbocycles. The van der Waals surface area contributed by atoms with Gasteiger partial charge in [-0.25, -0.2) is 0 Å². The summed E-state index contributed by atoms with van der Waals surface area (Å²) < 4.78 is 0. The second-order valence-electron chi connectivity index (χ2n) is 3.55. The first-order valence-corrected chi connectivity index (χ1v) is 4.27. The van der Waals surface area contributed by atoms with Crippen molar-refractivity contribution in [2.24, 2.45) is 0 Å². The molecule has 0 bridgehead atoms. The van der Waals surface area contributed by atoms with E-state index in [4.69, 9.17) is 0 Å². The Balaban J connectivity index is 0. The van der Waals surface area contributed by atoms with Crippen molar-refractivity contribution in [1.82, 2.24) is 0 Å². The molecule has 1 unspecified atom stereocenters. The molecule has 0 fully saturated rings. The number of halogens is 1. The molecule has 0 N–H and O–H groups in total. The molecular formula is C7H18ClP. The van der Waals surface area contributed by atoms with Gasteiger partial charge in [0.15, 0.2) is 0 Å². The molecule has 58 valence electrons. The predicted octanol–water partition coefficient (Wildman–Crippen LogP) is 3.29. The lowest BCUT2D eigenvalue weighted by Gasteiger charge is -2.20. The lowest BCUT2D eigenvalue weighted by molar-refractivity contribution is 0.784. The van der Waals surface area contributed by atoms with E-state index < -0.39 is 0 Å². The summed E-state index contributed by atoms with van der Waals surface area (Å²) in [5, 5.41) is 0.550. The molecule has 0 heterocycles. The Bertz CT molecular complexity index is 63.8. The zero-order valence-corrected chi connectivity index (χ0v) is 8.80. The van der Waals surface area contributed by atoms with Gasteiger partial charge in [0.1, 0.15) is 0 Å². The van der Waals surface area contributed by atoms with Crippen LogP contribution in [0.5, 0.6) is 0 Å². The summed E-state index contributed by atoms with van der Waals surface area (Å²) in [4.78, 5) is 0. The molecule has 1 atom stereocenters. The van der Waals surface area contributed by atoms with Crippen LogP contribution in [0.15, 0.2) is 0 Å². The van der Waals surface area contributed by atoms with Crippen LogP contribution in [0.25, 0.3) is 0 Å². The molecule has 0 rings (SSSR count). The Morgan fingerprint density at radius 1 is 1.11 bits per heavy atom. The SMILES string of the molecule is CC(C)PC(C)(C)C.Cl. The van der Waals surface area contributed by atoms with Crippen LogP contribution in [0.3, 0.4) is 0 Å². The van der Waals surface area contributed by atoms with Crippen molar-refractivity contribution in [3.8, 4) is 0 Å². The van der Waals surface area contributed by atoms with Crippen LogP contribution in [-0.2, 0) is 0 Å². The Hall–Kier alpha value is 0.720. The van der Waals surface area contributed by atoms with Gasteiger partial charge >= 0.3 is 0 Å². The molecule has 9 heavy (non-hydrogen) atoms. The van der Waals surface area contributed by atoms with Crippen LogP contribution in [0.4, 0.5) is 0 Å². The Morgan fingerprint density at radius 2 is 1.44 bits per heavy atom. The van der Waals surface area contributed by atoms with Gasteiger partial charge in [0.2, 0.25) is 0 Å². The zero-order valence-electron chi connectivity index (χ0n) is 6.99. The van der Waals surface area contributed by atoms with E-state index in [1.54, 1.807) is 0 Å². The van der Waals surface area contributed by atoms with Gasteiger partial charge in [0.25, 0.3) is 0 Å². The van der Waals surface area contributed by atoms with Crippen molar-refractivity contribution < 1.29 is 0 Å². The van der Waals surface area contributed by atoms with Crippen LogP contribution in [0.2, 0.25) is 0 Å². The first-order chi connectivity index (χ1) is 3.42. The monoisotopic (exact) mass is 168 g/mol. The van der Waals surface area contributed by atoms with Crippen LogP contribution in [0.1, 0.15) is 34.6 Å². The lowest BCUT2D eigenvalue weighted by atomic mass is 10.3. The molecule has 0 saturated heterocycles. The molecule has 0 aromatic carbocycles. The number of rotatable bonds is 1. The highest BCUT2D eigenvalue weighted by Gasteiger charge is 2.10. The minimum atomic E-state index is 0. The smallest absolute Gasteiger partial charge is 0.0205 e. The van der Waals surface area contributed by atoms with Gasteiger partial charge in [0.05, 0.1) is 0 Å². The van der Waals surface area contributed by atoms with Gasteiger partial charge in [-0.3, -0.25) is 0 Å². The maximum absolute atomic E-state index is 2.30. The summed E-state index contributed by atoms with van der Waals surface area (Å²) in [5.74, 6) is 0. The highest BCUT2D eigenvalue weighted by atomic mass is 35.5. The van der Waals surface area contributed by atoms with Crippen LogP contribution >= 0.6 is 21.0 Å². The van der Waals surface area contributed by atoms with Gasteiger partial charge in [-0.1, -0.05) is 34.6 Å². The highest BCUT2D eigenvalue weighted by molar-refractivity contribution is 7.40. The lowest BCUT2D eigenvalue weighted by Crippen LogP contribution is -2.08. The molecule has 0 aliphatic carbocycles. The Labute approximate surface area is 67.0 Å². The predicted molar refractivity (Wildman–Crippen MR) is 50.5 cm³/mol. The number of hydrogen-bond donors (Lipinski definition) is 0. The minimum Gasteiger partial charge on any atom is -0.147 e. The Kier molecular flexibility index (Phi) is 6.23. The van der Waals surface area contributed by atoms with E-state index in [1.807, 2.05) is 0 Å². The number of hydrogen-bond acceptors (Lipinski definition) is 0. The quantitative estimate of drug-likeness (QED) is 0.527. The molecule has 0 aromatic heterocycles. The third-order valence-electron chi connectivity index (χ3n) is 0.722. The summed E-state index contributed by atoms with van der Waals surface area (Å²) in [6.07, 6.45) is 0. The van der Waals surface area contributed by atoms with E-state index in [-0.39, 0.29) is 12.4 Å². The van der Waals surface area contributed by atoms with Crippen molar-refractivity contribution in [3.63, 3.8) is 0 Å². The maximum atomic E-state index is 2.30. The fraction of sp³-hybridized carbons (Fsp3) is 1.00. The topological polar surface area (TPSA) is 0 Å². The maximum Gasteiger partial charge on any atom is -0.0205 e.